The van der Waals surface area contributed by atoms with Crippen LogP contribution in [0, 0.1) is 34.0 Å². The summed E-state index contributed by atoms with van der Waals surface area (Å²) in [7, 11) is 0.733. The average Bonchev–Trinajstić information content (AvgIpc) is 3.21. The zero-order valence-corrected chi connectivity index (χ0v) is 24.0. The van der Waals surface area contributed by atoms with Gasteiger partial charge in [0.15, 0.2) is 12.4 Å². The summed E-state index contributed by atoms with van der Waals surface area (Å²) in [5.74, 6) is -1.16. The largest absolute Gasteiger partial charge is 0.482 e. The summed E-state index contributed by atoms with van der Waals surface area (Å²) in [5.41, 5.74) is -0.741. The molecule has 0 radical (unpaired) electrons. The van der Waals surface area contributed by atoms with Gasteiger partial charge >= 0.3 is 13.0 Å². The maximum atomic E-state index is 13.6. The van der Waals surface area contributed by atoms with Gasteiger partial charge in [0.1, 0.15) is 18.0 Å². The van der Waals surface area contributed by atoms with Crippen molar-refractivity contribution >= 4 is 30.5 Å². The molecule has 0 spiro atoms. The SMILES string of the molecule is C=C[C@]1(C)C[C@@H](OC(=O)COc2ccc3c(c2)B(O)N(C)N=C3)[C@]2(C)[C@H](C)CCC3(C[C@H](O)C(=O)[C@H]32)[C@@H](C)[C@@H]1O. The fourth-order valence-electron chi connectivity index (χ4n) is 8.22. The van der Waals surface area contributed by atoms with E-state index >= 15 is 0 Å². The Bertz CT molecular complexity index is 1240. The van der Waals surface area contributed by atoms with Crippen LogP contribution < -0.4 is 10.2 Å². The van der Waals surface area contributed by atoms with Crippen molar-refractivity contribution in [3.05, 3.63) is 36.4 Å². The first-order valence-corrected chi connectivity index (χ1v) is 14.2. The van der Waals surface area contributed by atoms with Crippen LogP contribution in [0.1, 0.15) is 58.9 Å². The van der Waals surface area contributed by atoms with Gasteiger partial charge in [0.05, 0.1) is 12.3 Å². The summed E-state index contributed by atoms with van der Waals surface area (Å²) in [6.07, 6.45) is 2.86. The van der Waals surface area contributed by atoms with Crippen LogP contribution in [0.25, 0.3) is 0 Å². The Balaban J connectivity index is 1.44. The highest BCUT2D eigenvalue weighted by atomic mass is 16.6. The van der Waals surface area contributed by atoms with E-state index in [9.17, 15) is 24.8 Å². The number of aliphatic hydroxyl groups excluding tert-OH is 2. The molecule has 3 aliphatic carbocycles. The van der Waals surface area contributed by atoms with Gasteiger partial charge in [-0.15, -0.1) is 6.58 Å². The van der Waals surface area contributed by atoms with Crippen molar-refractivity contribution in [2.45, 2.75) is 71.7 Å². The van der Waals surface area contributed by atoms with E-state index in [1.165, 1.54) is 4.92 Å². The third-order valence-electron chi connectivity index (χ3n) is 11.0. The number of Topliss-reactive ketones (excluding diaryl/α,β-unsaturated/α-hetero) is 1. The van der Waals surface area contributed by atoms with Crippen molar-refractivity contribution in [2.75, 3.05) is 13.7 Å². The van der Waals surface area contributed by atoms with Gasteiger partial charge in [-0.25, -0.2) is 4.79 Å². The zero-order valence-electron chi connectivity index (χ0n) is 24.0. The Labute approximate surface area is 236 Å². The Kier molecular flexibility index (Phi) is 7.20. The molecule has 5 rings (SSSR count). The molecule has 0 aromatic heterocycles. The quantitative estimate of drug-likeness (QED) is 0.287. The number of ketones is 1. The molecule has 2 bridgehead atoms. The molecule has 3 fully saturated rings. The molecule has 1 unspecified atom stereocenters. The summed E-state index contributed by atoms with van der Waals surface area (Å²) >= 11 is 0. The van der Waals surface area contributed by atoms with Crippen molar-refractivity contribution in [3.8, 4) is 5.75 Å². The predicted octanol–water partition coefficient (Wildman–Crippen LogP) is 1.91. The first kappa shape index (κ1) is 28.8. The monoisotopic (exact) mass is 552 g/mol. The van der Waals surface area contributed by atoms with E-state index in [2.05, 4.69) is 18.6 Å². The number of nitrogens with zero attached hydrogens (tertiary/aromatic N) is 2. The molecule has 0 saturated heterocycles. The molecule has 4 aliphatic rings. The lowest BCUT2D eigenvalue weighted by Gasteiger charge is -2.61. The summed E-state index contributed by atoms with van der Waals surface area (Å²) in [5, 5.41) is 37.1. The highest BCUT2D eigenvalue weighted by Crippen LogP contribution is 2.68. The van der Waals surface area contributed by atoms with Crippen molar-refractivity contribution < 1.29 is 34.3 Å². The van der Waals surface area contributed by atoms with Gasteiger partial charge in [0.2, 0.25) is 0 Å². The Morgan fingerprint density at radius 2 is 2.00 bits per heavy atom. The summed E-state index contributed by atoms with van der Waals surface area (Å²) in [6, 6.07) is 5.15. The van der Waals surface area contributed by atoms with Gasteiger partial charge in [-0.2, -0.15) is 5.10 Å². The molecule has 10 heteroatoms. The number of carbonyl (C=O) groups excluding carboxylic acids is 2. The molecule has 1 heterocycles. The number of carbonyl (C=O) groups is 2. The number of hydrogen-bond acceptors (Lipinski definition) is 9. The van der Waals surface area contributed by atoms with E-state index in [0.29, 0.717) is 24.1 Å². The van der Waals surface area contributed by atoms with E-state index in [-0.39, 0.29) is 24.2 Å². The Morgan fingerprint density at radius 1 is 1.27 bits per heavy atom. The normalized spacial score (nSPS) is 40.5. The second-order valence-electron chi connectivity index (χ2n) is 13.0. The summed E-state index contributed by atoms with van der Waals surface area (Å²) in [4.78, 5) is 28.4. The van der Waals surface area contributed by atoms with Crippen molar-refractivity contribution in [2.24, 2.45) is 39.1 Å². The fourth-order valence-corrected chi connectivity index (χ4v) is 8.22. The van der Waals surface area contributed by atoms with Crippen molar-refractivity contribution in [1.82, 2.24) is 4.92 Å². The standard InChI is InChI=1S/C30H41BN2O7/c1-7-28(4)14-23(40-24(35)16-39-20-9-8-19-15-32-33(6)31(38)21(19)12-20)29(5)17(2)10-11-30(18(3)27(28)37)13-22(34)25(36)26(29)30/h7-9,12,15,17-18,22-23,26-27,34,37-38H,1,10-11,13-14,16H2,2-6H3/t17-,18+,22+,23-,26+,27+,28-,29+,30?/m1/s1. The molecule has 9 atom stereocenters. The number of benzene rings is 1. The van der Waals surface area contributed by atoms with E-state index in [4.69, 9.17) is 9.47 Å². The van der Waals surface area contributed by atoms with Crippen LogP contribution in [-0.2, 0) is 14.3 Å². The number of hydrogen-bond donors (Lipinski definition) is 3. The number of fused-ring (bicyclic) bond motifs is 1. The highest BCUT2D eigenvalue weighted by molar-refractivity contribution is 6.65. The van der Waals surface area contributed by atoms with Crippen LogP contribution >= 0.6 is 0 Å². The minimum atomic E-state index is -1.10. The molecule has 3 N–H and O–H groups in total. The third-order valence-corrected chi connectivity index (χ3v) is 11.0. The first-order chi connectivity index (χ1) is 18.8. The Hall–Kier alpha value is -2.69. The van der Waals surface area contributed by atoms with Gasteiger partial charge in [0.25, 0.3) is 0 Å². The topological polar surface area (TPSA) is 129 Å². The third kappa shape index (κ3) is 4.22. The van der Waals surface area contributed by atoms with Gasteiger partial charge in [-0.1, -0.05) is 39.8 Å². The minimum absolute atomic E-state index is 0.0379. The zero-order chi connectivity index (χ0) is 29.2. The number of rotatable bonds is 5. The highest BCUT2D eigenvalue weighted by Gasteiger charge is 2.70. The van der Waals surface area contributed by atoms with Crippen LogP contribution in [0.5, 0.6) is 5.75 Å². The first-order valence-electron chi connectivity index (χ1n) is 14.2. The minimum Gasteiger partial charge on any atom is -0.482 e. The smallest absolute Gasteiger partial charge is 0.466 e. The molecular formula is C30H41BN2O7. The van der Waals surface area contributed by atoms with Crippen LogP contribution in [0.15, 0.2) is 36.0 Å². The molecule has 40 heavy (non-hydrogen) atoms. The van der Waals surface area contributed by atoms with E-state index in [1.54, 1.807) is 37.5 Å². The number of ether oxygens (including phenoxy) is 2. The van der Waals surface area contributed by atoms with Gasteiger partial charge < -0.3 is 29.6 Å². The fraction of sp³-hybridized carbons (Fsp3) is 0.633. The molecule has 1 aliphatic heterocycles. The van der Waals surface area contributed by atoms with Crippen molar-refractivity contribution in [1.29, 1.82) is 0 Å². The molecule has 1 aromatic rings. The lowest BCUT2D eigenvalue weighted by atomic mass is 9.44. The van der Waals surface area contributed by atoms with Gasteiger partial charge in [-0.05, 0) is 66.1 Å². The van der Waals surface area contributed by atoms with Crippen LogP contribution in [0.2, 0.25) is 0 Å². The second-order valence-corrected chi connectivity index (χ2v) is 13.0. The molecule has 9 nitrogen and oxygen atoms in total. The summed E-state index contributed by atoms with van der Waals surface area (Å²) in [6.45, 7) is 11.7. The van der Waals surface area contributed by atoms with E-state index in [1.807, 2.05) is 20.8 Å². The number of aliphatic hydroxyl groups is 2. The van der Waals surface area contributed by atoms with E-state index in [0.717, 1.165) is 18.4 Å². The Morgan fingerprint density at radius 3 is 2.70 bits per heavy atom. The second kappa shape index (κ2) is 9.99. The lowest BCUT2D eigenvalue weighted by molar-refractivity contribution is -0.207. The van der Waals surface area contributed by atoms with Crippen LogP contribution in [0.3, 0.4) is 0 Å². The van der Waals surface area contributed by atoms with E-state index < -0.39 is 53.5 Å². The van der Waals surface area contributed by atoms with Gasteiger partial charge in [-0.3, -0.25) is 4.79 Å². The number of hydrazone groups is 1. The van der Waals surface area contributed by atoms with Crippen molar-refractivity contribution in [3.63, 3.8) is 0 Å². The van der Waals surface area contributed by atoms with Crippen LogP contribution in [0.4, 0.5) is 0 Å². The molecule has 0 amide bonds. The molecule has 3 saturated carbocycles. The average molecular weight is 552 g/mol. The van der Waals surface area contributed by atoms with Gasteiger partial charge in [0, 0.05) is 23.8 Å². The predicted molar refractivity (Wildman–Crippen MR) is 151 cm³/mol. The molecule has 216 valence electrons. The summed E-state index contributed by atoms with van der Waals surface area (Å²) < 4.78 is 12.0. The lowest BCUT2D eigenvalue weighted by Crippen LogP contribution is -2.63. The number of esters is 1. The molecule has 1 aromatic carbocycles. The van der Waals surface area contributed by atoms with Crippen LogP contribution in [-0.4, -0.2) is 77.1 Å². The maximum Gasteiger partial charge on any atom is 0.466 e. The maximum absolute atomic E-state index is 13.6. The molecular weight excluding hydrogens is 511 g/mol.